The summed E-state index contributed by atoms with van der Waals surface area (Å²) in [5, 5.41) is 3.65. The first kappa shape index (κ1) is 14.7. The van der Waals surface area contributed by atoms with Gasteiger partial charge in [-0.15, -0.1) is 0 Å². The Bertz CT molecular complexity index is 608. The summed E-state index contributed by atoms with van der Waals surface area (Å²) in [6.45, 7) is 0.521. The molecule has 0 atom stereocenters. The second kappa shape index (κ2) is 6.63. The molecule has 0 saturated heterocycles. The van der Waals surface area contributed by atoms with Gasteiger partial charge in [0.05, 0.1) is 20.4 Å². The van der Waals surface area contributed by atoms with E-state index in [9.17, 15) is 0 Å². The maximum atomic E-state index is 5.98. The van der Waals surface area contributed by atoms with Crippen molar-refractivity contribution >= 4 is 29.0 Å². The van der Waals surface area contributed by atoms with E-state index in [0.717, 1.165) is 5.56 Å². The SMILES string of the molecule is COc1ccc(CNc2nc(Cl)ncc2Cl)cc1OC. The number of methoxy groups -OCH3 is 2. The molecule has 20 heavy (non-hydrogen) atoms. The summed E-state index contributed by atoms with van der Waals surface area (Å²) >= 11 is 11.7. The van der Waals surface area contributed by atoms with Crippen molar-refractivity contribution in [2.45, 2.75) is 6.54 Å². The molecule has 1 aromatic carbocycles. The lowest BCUT2D eigenvalue weighted by Crippen LogP contribution is -2.03. The zero-order valence-corrected chi connectivity index (χ0v) is 12.5. The Morgan fingerprint density at radius 1 is 1.15 bits per heavy atom. The van der Waals surface area contributed by atoms with E-state index in [0.29, 0.717) is 28.9 Å². The number of ether oxygens (including phenoxy) is 2. The number of nitrogens with zero attached hydrogens (tertiary/aromatic N) is 2. The van der Waals surface area contributed by atoms with E-state index in [-0.39, 0.29) is 5.28 Å². The lowest BCUT2D eigenvalue weighted by molar-refractivity contribution is 0.354. The molecule has 1 heterocycles. The number of anilines is 1. The normalized spacial score (nSPS) is 10.2. The number of rotatable bonds is 5. The Morgan fingerprint density at radius 3 is 2.60 bits per heavy atom. The zero-order chi connectivity index (χ0) is 14.5. The van der Waals surface area contributed by atoms with Crippen molar-refractivity contribution in [3.05, 3.63) is 40.3 Å². The predicted octanol–water partition coefficient (Wildman–Crippen LogP) is 3.41. The van der Waals surface area contributed by atoms with E-state index in [2.05, 4.69) is 15.3 Å². The Morgan fingerprint density at radius 2 is 1.90 bits per heavy atom. The van der Waals surface area contributed by atoms with Crippen LogP contribution in [-0.4, -0.2) is 24.2 Å². The van der Waals surface area contributed by atoms with E-state index in [1.165, 1.54) is 6.20 Å². The van der Waals surface area contributed by atoms with Crippen LogP contribution in [0.5, 0.6) is 11.5 Å². The van der Waals surface area contributed by atoms with Gasteiger partial charge < -0.3 is 14.8 Å². The van der Waals surface area contributed by atoms with Gasteiger partial charge in [0, 0.05) is 6.54 Å². The highest BCUT2D eigenvalue weighted by Gasteiger charge is 2.07. The van der Waals surface area contributed by atoms with Gasteiger partial charge in [0.15, 0.2) is 11.5 Å². The summed E-state index contributed by atoms with van der Waals surface area (Å²) in [6.07, 6.45) is 1.45. The number of aromatic nitrogens is 2. The fourth-order valence-corrected chi connectivity index (χ4v) is 1.94. The van der Waals surface area contributed by atoms with Crippen LogP contribution in [0.25, 0.3) is 0 Å². The van der Waals surface area contributed by atoms with Crippen LogP contribution in [0.2, 0.25) is 10.3 Å². The fourth-order valence-electron chi connectivity index (χ4n) is 1.65. The van der Waals surface area contributed by atoms with E-state index < -0.39 is 0 Å². The monoisotopic (exact) mass is 313 g/mol. The van der Waals surface area contributed by atoms with Crippen LogP contribution in [0.4, 0.5) is 5.82 Å². The quantitative estimate of drug-likeness (QED) is 0.857. The molecule has 1 N–H and O–H groups in total. The average Bonchev–Trinajstić information content (AvgIpc) is 2.47. The fraction of sp³-hybridized carbons (Fsp3) is 0.231. The number of nitrogens with one attached hydrogen (secondary N) is 1. The summed E-state index contributed by atoms with van der Waals surface area (Å²) in [7, 11) is 3.19. The van der Waals surface area contributed by atoms with Crippen LogP contribution in [0.3, 0.4) is 0 Å². The van der Waals surface area contributed by atoms with Gasteiger partial charge in [-0.05, 0) is 29.3 Å². The van der Waals surface area contributed by atoms with Crippen molar-refractivity contribution in [2.24, 2.45) is 0 Å². The van der Waals surface area contributed by atoms with Crippen molar-refractivity contribution in [1.82, 2.24) is 9.97 Å². The van der Waals surface area contributed by atoms with Crippen LogP contribution in [0, 0.1) is 0 Å². The molecule has 2 rings (SSSR count). The molecular weight excluding hydrogens is 301 g/mol. The van der Waals surface area contributed by atoms with Gasteiger partial charge in [-0.2, -0.15) is 4.98 Å². The molecule has 0 aliphatic carbocycles. The number of halogens is 2. The molecule has 0 amide bonds. The zero-order valence-electron chi connectivity index (χ0n) is 11.0. The van der Waals surface area contributed by atoms with Crippen LogP contribution in [0.15, 0.2) is 24.4 Å². The third-order valence-electron chi connectivity index (χ3n) is 2.62. The molecular formula is C13H13Cl2N3O2. The molecule has 2 aromatic rings. The number of hydrogen-bond donors (Lipinski definition) is 1. The van der Waals surface area contributed by atoms with Gasteiger partial charge in [-0.25, -0.2) is 4.98 Å². The lowest BCUT2D eigenvalue weighted by atomic mass is 10.2. The Hall–Kier alpha value is -1.72. The minimum Gasteiger partial charge on any atom is -0.493 e. The Balaban J connectivity index is 2.12. The molecule has 106 valence electrons. The summed E-state index contributed by atoms with van der Waals surface area (Å²) in [4.78, 5) is 7.81. The summed E-state index contributed by atoms with van der Waals surface area (Å²) < 4.78 is 10.4. The van der Waals surface area contributed by atoms with E-state index in [1.54, 1.807) is 14.2 Å². The molecule has 0 unspecified atom stereocenters. The van der Waals surface area contributed by atoms with Crippen LogP contribution >= 0.6 is 23.2 Å². The first-order valence-electron chi connectivity index (χ1n) is 5.77. The Kier molecular flexibility index (Phi) is 4.87. The smallest absolute Gasteiger partial charge is 0.224 e. The van der Waals surface area contributed by atoms with Crippen molar-refractivity contribution in [2.75, 3.05) is 19.5 Å². The molecule has 0 bridgehead atoms. The standard InChI is InChI=1S/C13H13Cl2N3O2/c1-19-10-4-3-8(5-11(10)20-2)6-16-12-9(14)7-17-13(15)18-12/h3-5,7H,6H2,1-2H3,(H,16,17,18). The van der Waals surface area contributed by atoms with Crippen molar-refractivity contribution in [3.63, 3.8) is 0 Å². The number of hydrogen-bond acceptors (Lipinski definition) is 5. The van der Waals surface area contributed by atoms with Crippen molar-refractivity contribution in [1.29, 1.82) is 0 Å². The molecule has 0 aliphatic rings. The maximum absolute atomic E-state index is 5.98. The molecule has 1 aromatic heterocycles. The highest BCUT2D eigenvalue weighted by molar-refractivity contribution is 6.33. The van der Waals surface area contributed by atoms with Gasteiger partial charge in [0.1, 0.15) is 10.8 Å². The van der Waals surface area contributed by atoms with E-state index >= 15 is 0 Å². The van der Waals surface area contributed by atoms with Gasteiger partial charge >= 0.3 is 0 Å². The Labute approximate surface area is 126 Å². The molecule has 0 radical (unpaired) electrons. The third-order valence-corrected chi connectivity index (χ3v) is 3.08. The van der Waals surface area contributed by atoms with Gasteiger partial charge in [0.2, 0.25) is 5.28 Å². The minimum atomic E-state index is 0.143. The van der Waals surface area contributed by atoms with Crippen LogP contribution in [-0.2, 0) is 6.54 Å². The first-order valence-corrected chi connectivity index (χ1v) is 6.52. The first-order chi connectivity index (χ1) is 9.63. The second-order valence-electron chi connectivity index (χ2n) is 3.88. The van der Waals surface area contributed by atoms with Crippen molar-refractivity contribution < 1.29 is 9.47 Å². The highest BCUT2D eigenvalue weighted by Crippen LogP contribution is 2.28. The summed E-state index contributed by atoms with van der Waals surface area (Å²) in [6, 6.07) is 5.64. The van der Waals surface area contributed by atoms with E-state index in [1.807, 2.05) is 18.2 Å². The van der Waals surface area contributed by atoms with Gasteiger partial charge in [0.25, 0.3) is 0 Å². The molecule has 0 fully saturated rings. The van der Waals surface area contributed by atoms with Gasteiger partial charge in [-0.1, -0.05) is 17.7 Å². The summed E-state index contributed by atoms with van der Waals surface area (Å²) in [5.41, 5.74) is 0.994. The highest BCUT2D eigenvalue weighted by atomic mass is 35.5. The van der Waals surface area contributed by atoms with Crippen LogP contribution in [0.1, 0.15) is 5.56 Å². The third kappa shape index (κ3) is 3.43. The molecule has 5 nitrogen and oxygen atoms in total. The molecule has 0 saturated carbocycles. The number of benzene rings is 1. The topological polar surface area (TPSA) is 56.3 Å². The largest absolute Gasteiger partial charge is 0.493 e. The average molecular weight is 314 g/mol. The summed E-state index contributed by atoms with van der Waals surface area (Å²) in [5.74, 6) is 1.83. The van der Waals surface area contributed by atoms with Crippen molar-refractivity contribution in [3.8, 4) is 11.5 Å². The minimum absolute atomic E-state index is 0.143. The lowest BCUT2D eigenvalue weighted by Gasteiger charge is -2.11. The van der Waals surface area contributed by atoms with Crippen LogP contribution < -0.4 is 14.8 Å². The van der Waals surface area contributed by atoms with Gasteiger partial charge in [-0.3, -0.25) is 0 Å². The molecule has 0 spiro atoms. The molecule has 0 aliphatic heterocycles. The van der Waals surface area contributed by atoms with E-state index in [4.69, 9.17) is 32.7 Å². The predicted molar refractivity (Wildman–Crippen MR) is 78.9 cm³/mol. The molecule has 7 heteroatoms. The maximum Gasteiger partial charge on any atom is 0.224 e. The second-order valence-corrected chi connectivity index (χ2v) is 4.62.